The van der Waals surface area contributed by atoms with E-state index in [1.54, 1.807) is 24.5 Å². The standard InChI is InChI=1S/C20H22N2O5/c23-19(6-4-16-2-1-11-25-16)22-9-7-14(8-10-22)20(24)21-15-3-5-17-18(12-15)27-13-26-17/h1-3,5,11-12,14H,4,6-10,13H2,(H,21,24). The number of likely N-dealkylation sites (tertiary alicyclic amines) is 1. The van der Waals surface area contributed by atoms with Crippen LogP contribution in [0, 0.1) is 5.92 Å². The number of hydrogen-bond acceptors (Lipinski definition) is 5. The van der Waals surface area contributed by atoms with Crippen molar-refractivity contribution in [2.24, 2.45) is 5.92 Å². The van der Waals surface area contributed by atoms with Gasteiger partial charge in [-0.1, -0.05) is 0 Å². The van der Waals surface area contributed by atoms with Gasteiger partial charge in [0.2, 0.25) is 18.6 Å². The minimum Gasteiger partial charge on any atom is -0.469 e. The first-order chi connectivity index (χ1) is 13.2. The van der Waals surface area contributed by atoms with Crippen molar-refractivity contribution in [1.29, 1.82) is 0 Å². The number of anilines is 1. The number of hydrogen-bond donors (Lipinski definition) is 1. The number of aryl methyl sites for hydroxylation is 1. The lowest BCUT2D eigenvalue weighted by Gasteiger charge is -2.31. The van der Waals surface area contributed by atoms with E-state index in [-0.39, 0.29) is 24.5 Å². The Labute approximate surface area is 157 Å². The molecule has 0 unspecified atom stereocenters. The predicted molar refractivity (Wildman–Crippen MR) is 97.5 cm³/mol. The molecule has 0 spiro atoms. The van der Waals surface area contributed by atoms with Crippen molar-refractivity contribution in [3.05, 3.63) is 42.4 Å². The minimum atomic E-state index is -0.0930. The van der Waals surface area contributed by atoms with Gasteiger partial charge in [-0.3, -0.25) is 9.59 Å². The number of carbonyl (C=O) groups excluding carboxylic acids is 2. The number of amides is 2. The van der Waals surface area contributed by atoms with E-state index in [0.29, 0.717) is 56.0 Å². The van der Waals surface area contributed by atoms with E-state index in [9.17, 15) is 9.59 Å². The van der Waals surface area contributed by atoms with Crippen LogP contribution in [0.4, 0.5) is 5.69 Å². The van der Waals surface area contributed by atoms with Crippen LogP contribution in [-0.4, -0.2) is 36.6 Å². The van der Waals surface area contributed by atoms with Gasteiger partial charge in [0.05, 0.1) is 6.26 Å². The Morgan fingerprint density at radius 1 is 1.11 bits per heavy atom. The van der Waals surface area contributed by atoms with Crippen molar-refractivity contribution < 1.29 is 23.5 Å². The van der Waals surface area contributed by atoms with Gasteiger partial charge in [-0.15, -0.1) is 0 Å². The smallest absolute Gasteiger partial charge is 0.231 e. The molecule has 1 fully saturated rings. The first kappa shape index (κ1) is 17.5. The van der Waals surface area contributed by atoms with Crippen molar-refractivity contribution in [3.8, 4) is 11.5 Å². The molecule has 1 N–H and O–H groups in total. The molecule has 7 heteroatoms. The number of benzene rings is 1. The fourth-order valence-electron chi connectivity index (χ4n) is 3.45. The van der Waals surface area contributed by atoms with Crippen molar-refractivity contribution in [2.45, 2.75) is 25.7 Å². The summed E-state index contributed by atoms with van der Waals surface area (Å²) in [6, 6.07) is 9.06. The molecule has 0 atom stereocenters. The maximum atomic E-state index is 12.5. The maximum absolute atomic E-state index is 12.5. The lowest BCUT2D eigenvalue weighted by molar-refractivity contribution is -0.134. The highest BCUT2D eigenvalue weighted by Gasteiger charge is 2.27. The molecule has 0 saturated carbocycles. The summed E-state index contributed by atoms with van der Waals surface area (Å²) in [6.07, 6.45) is 3.99. The van der Waals surface area contributed by atoms with Crippen LogP contribution in [0.2, 0.25) is 0 Å². The van der Waals surface area contributed by atoms with Crippen molar-refractivity contribution in [1.82, 2.24) is 4.90 Å². The fraction of sp³-hybridized carbons (Fsp3) is 0.400. The van der Waals surface area contributed by atoms with Gasteiger partial charge >= 0.3 is 0 Å². The first-order valence-corrected chi connectivity index (χ1v) is 9.20. The summed E-state index contributed by atoms with van der Waals surface area (Å²) in [5.41, 5.74) is 0.696. The van der Waals surface area contributed by atoms with Crippen molar-refractivity contribution in [2.75, 3.05) is 25.2 Å². The lowest BCUT2D eigenvalue weighted by Crippen LogP contribution is -2.41. The Hall–Kier alpha value is -2.96. The molecule has 2 amide bonds. The van der Waals surface area contributed by atoms with Crippen molar-refractivity contribution in [3.63, 3.8) is 0 Å². The van der Waals surface area contributed by atoms with Crippen molar-refractivity contribution >= 4 is 17.5 Å². The molecule has 4 rings (SSSR count). The van der Waals surface area contributed by atoms with Crippen LogP contribution in [0.25, 0.3) is 0 Å². The SMILES string of the molecule is O=C(Nc1ccc2c(c1)OCO2)C1CCN(C(=O)CCc2ccco2)CC1. The summed E-state index contributed by atoms with van der Waals surface area (Å²) in [5, 5.41) is 2.94. The van der Waals surface area contributed by atoms with E-state index in [1.807, 2.05) is 17.0 Å². The number of nitrogens with one attached hydrogen (secondary N) is 1. The minimum absolute atomic E-state index is 0.0171. The molecule has 7 nitrogen and oxygen atoms in total. The molecule has 1 saturated heterocycles. The Kier molecular flexibility index (Phi) is 5.00. The van der Waals surface area contributed by atoms with Gasteiger partial charge in [-0.2, -0.15) is 0 Å². The van der Waals surface area contributed by atoms with Gasteiger partial charge < -0.3 is 24.1 Å². The van der Waals surface area contributed by atoms with Crippen LogP contribution in [0.1, 0.15) is 25.0 Å². The molecule has 1 aromatic heterocycles. The number of fused-ring (bicyclic) bond motifs is 1. The average molecular weight is 370 g/mol. The second-order valence-electron chi connectivity index (χ2n) is 6.79. The van der Waals surface area contributed by atoms with Crippen LogP contribution in [0.5, 0.6) is 11.5 Å². The topological polar surface area (TPSA) is 81.0 Å². The average Bonchev–Trinajstić information content (AvgIpc) is 3.37. The molecule has 3 heterocycles. The number of carbonyl (C=O) groups is 2. The zero-order chi connectivity index (χ0) is 18.6. The number of rotatable bonds is 5. The van der Waals surface area contributed by atoms with Crippen LogP contribution in [0.3, 0.4) is 0 Å². The molecule has 2 aromatic rings. The summed E-state index contributed by atoms with van der Waals surface area (Å²) < 4.78 is 15.9. The van der Waals surface area contributed by atoms with E-state index in [4.69, 9.17) is 13.9 Å². The number of furan rings is 1. The number of ether oxygens (including phenoxy) is 2. The molecule has 0 bridgehead atoms. The van der Waals surface area contributed by atoms with Gasteiger partial charge in [-0.05, 0) is 37.1 Å². The summed E-state index contributed by atoms with van der Waals surface area (Å²) in [4.78, 5) is 26.7. The monoisotopic (exact) mass is 370 g/mol. The van der Waals surface area contributed by atoms with Crippen LogP contribution in [-0.2, 0) is 16.0 Å². The largest absolute Gasteiger partial charge is 0.469 e. The Morgan fingerprint density at radius 2 is 1.93 bits per heavy atom. The zero-order valence-corrected chi connectivity index (χ0v) is 15.0. The molecule has 0 aliphatic carbocycles. The van der Waals surface area contributed by atoms with Gasteiger partial charge in [0.1, 0.15) is 5.76 Å². The molecule has 142 valence electrons. The molecule has 0 radical (unpaired) electrons. The van der Waals surface area contributed by atoms with Crippen LogP contribution in [0.15, 0.2) is 41.0 Å². The highest BCUT2D eigenvalue weighted by molar-refractivity contribution is 5.93. The first-order valence-electron chi connectivity index (χ1n) is 9.20. The highest BCUT2D eigenvalue weighted by atomic mass is 16.7. The quantitative estimate of drug-likeness (QED) is 0.875. The molecule has 2 aliphatic heterocycles. The van der Waals surface area contributed by atoms with Crippen LogP contribution < -0.4 is 14.8 Å². The summed E-state index contributed by atoms with van der Waals surface area (Å²) in [5.74, 6) is 2.16. The molecule has 2 aliphatic rings. The Bertz CT molecular complexity index is 810. The third-order valence-electron chi connectivity index (χ3n) is 5.02. The summed E-state index contributed by atoms with van der Waals surface area (Å²) >= 11 is 0. The maximum Gasteiger partial charge on any atom is 0.231 e. The third-order valence-corrected chi connectivity index (χ3v) is 5.02. The molecule has 1 aromatic carbocycles. The molecule has 27 heavy (non-hydrogen) atoms. The van der Waals surface area contributed by atoms with Crippen LogP contribution >= 0.6 is 0 Å². The third kappa shape index (κ3) is 4.07. The molecular formula is C20H22N2O5. The Balaban J connectivity index is 1.24. The zero-order valence-electron chi connectivity index (χ0n) is 15.0. The predicted octanol–water partition coefficient (Wildman–Crippen LogP) is 2.82. The van der Waals surface area contributed by atoms with Gasteiger partial charge in [0, 0.05) is 43.6 Å². The Morgan fingerprint density at radius 3 is 2.70 bits per heavy atom. The number of piperidine rings is 1. The normalized spacial score (nSPS) is 16.4. The number of nitrogens with zero attached hydrogens (tertiary/aromatic N) is 1. The molecular weight excluding hydrogens is 348 g/mol. The van der Waals surface area contributed by atoms with Gasteiger partial charge in [0.25, 0.3) is 0 Å². The highest BCUT2D eigenvalue weighted by Crippen LogP contribution is 2.34. The van der Waals surface area contributed by atoms with E-state index in [2.05, 4.69) is 5.32 Å². The summed E-state index contributed by atoms with van der Waals surface area (Å²) in [6.45, 7) is 1.42. The van der Waals surface area contributed by atoms with E-state index in [1.165, 1.54) is 0 Å². The second-order valence-corrected chi connectivity index (χ2v) is 6.79. The lowest BCUT2D eigenvalue weighted by atomic mass is 9.95. The second kappa shape index (κ2) is 7.73. The van der Waals surface area contributed by atoms with E-state index < -0.39 is 0 Å². The van der Waals surface area contributed by atoms with E-state index in [0.717, 1.165) is 5.76 Å². The fourth-order valence-corrected chi connectivity index (χ4v) is 3.45. The van der Waals surface area contributed by atoms with E-state index >= 15 is 0 Å². The van der Waals surface area contributed by atoms with Gasteiger partial charge in [-0.25, -0.2) is 0 Å². The van der Waals surface area contributed by atoms with Gasteiger partial charge in [0.15, 0.2) is 11.5 Å². The summed E-state index contributed by atoms with van der Waals surface area (Å²) in [7, 11) is 0.